The third-order valence-electron chi connectivity index (χ3n) is 11.8. The zero-order chi connectivity index (χ0) is 49.0. The highest BCUT2D eigenvalue weighted by Crippen LogP contribution is 2.29. The molecule has 1 aliphatic rings. The number of nitrogens with one attached hydrogen (secondary N) is 5. The van der Waals surface area contributed by atoms with Crippen LogP contribution >= 0.6 is 0 Å². The van der Waals surface area contributed by atoms with Gasteiger partial charge in [0.1, 0.15) is 19.3 Å². The first-order valence-corrected chi connectivity index (χ1v) is 25.6. The van der Waals surface area contributed by atoms with E-state index in [1.54, 1.807) is 0 Å². The maximum absolute atomic E-state index is 13.0. The molecule has 388 valence electrons. The Morgan fingerprint density at radius 1 is 0.478 bits per heavy atom. The quantitative estimate of drug-likeness (QED) is 0.0369. The fraction of sp³-hybridized carbons (Fsp3) is 0.857. The van der Waals surface area contributed by atoms with Crippen molar-refractivity contribution >= 4 is 41.5 Å². The van der Waals surface area contributed by atoms with Crippen molar-refractivity contribution in [2.75, 3.05) is 79.0 Å². The average Bonchev–Trinajstić information content (AvgIpc) is 3.30. The molecular weight excluding hydrogens is 867 g/mol. The number of aliphatic carboxylic acids is 2. The summed E-state index contributed by atoms with van der Waals surface area (Å²) < 4.78 is 21.3. The molecule has 0 aliphatic heterocycles. The number of carboxylic acids is 2. The van der Waals surface area contributed by atoms with E-state index in [1.807, 2.05) is 6.92 Å². The Morgan fingerprint density at radius 3 is 1.39 bits per heavy atom. The maximum atomic E-state index is 13.0. The lowest BCUT2D eigenvalue weighted by atomic mass is 9.81. The van der Waals surface area contributed by atoms with E-state index < -0.39 is 18.0 Å². The second-order valence-electron chi connectivity index (χ2n) is 17.7. The zero-order valence-electron chi connectivity index (χ0n) is 41.0. The van der Waals surface area contributed by atoms with Crippen molar-refractivity contribution in [2.24, 2.45) is 11.8 Å². The lowest BCUT2D eigenvalue weighted by molar-refractivity contribution is -0.143. The minimum atomic E-state index is -1.20. The number of rotatable bonds is 46. The molecule has 1 saturated carbocycles. The zero-order valence-corrected chi connectivity index (χ0v) is 41.0. The van der Waals surface area contributed by atoms with Crippen LogP contribution in [0.15, 0.2) is 0 Å². The van der Waals surface area contributed by atoms with E-state index >= 15 is 0 Å². The van der Waals surface area contributed by atoms with Crippen LogP contribution < -0.4 is 26.6 Å². The minimum absolute atomic E-state index is 0.0142. The summed E-state index contributed by atoms with van der Waals surface area (Å²) in [4.78, 5) is 83.6. The third kappa shape index (κ3) is 38.8. The molecule has 1 aliphatic carbocycles. The number of amides is 5. The molecule has 1 unspecified atom stereocenters. The number of carbonyl (C=O) groups excluding carboxylic acids is 5. The first-order chi connectivity index (χ1) is 32.5. The van der Waals surface area contributed by atoms with Gasteiger partial charge >= 0.3 is 11.9 Å². The van der Waals surface area contributed by atoms with Gasteiger partial charge in [-0.15, -0.1) is 0 Å². The van der Waals surface area contributed by atoms with E-state index in [4.69, 9.17) is 24.1 Å². The molecule has 0 aromatic carbocycles. The van der Waals surface area contributed by atoms with Crippen molar-refractivity contribution in [1.82, 2.24) is 26.6 Å². The van der Waals surface area contributed by atoms with E-state index in [2.05, 4.69) is 26.6 Å². The largest absolute Gasteiger partial charge is 0.481 e. The molecule has 1 fully saturated rings. The van der Waals surface area contributed by atoms with Crippen molar-refractivity contribution in [3.05, 3.63) is 0 Å². The molecule has 7 N–H and O–H groups in total. The van der Waals surface area contributed by atoms with Gasteiger partial charge in [0, 0.05) is 51.4 Å². The summed E-state index contributed by atoms with van der Waals surface area (Å²) in [6, 6.07) is -1.18. The Labute approximate surface area is 400 Å². The van der Waals surface area contributed by atoms with Gasteiger partial charge in [-0.3, -0.25) is 28.8 Å². The van der Waals surface area contributed by atoms with Gasteiger partial charge in [0.2, 0.25) is 29.5 Å². The lowest BCUT2D eigenvalue weighted by Crippen LogP contribution is -2.45. The molecule has 0 bridgehead atoms. The van der Waals surface area contributed by atoms with Crippen LogP contribution in [0.4, 0.5) is 0 Å². The van der Waals surface area contributed by atoms with Crippen molar-refractivity contribution in [3.8, 4) is 0 Å². The van der Waals surface area contributed by atoms with Crippen LogP contribution in [0.1, 0.15) is 174 Å². The molecule has 18 nitrogen and oxygen atoms in total. The first kappa shape index (κ1) is 61.1. The highest BCUT2D eigenvalue weighted by atomic mass is 16.5. The topological polar surface area (TPSA) is 257 Å². The van der Waals surface area contributed by atoms with Crippen LogP contribution in [-0.4, -0.2) is 137 Å². The van der Waals surface area contributed by atoms with E-state index in [0.29, 0.717) is 51.9 Å². The van der Waals surface area contributed by atoms with Gasteiger partial charge < -0.3 is 55.7 Å². The third-order valence-corrected chi connectivity index (χ3v) is 11.8. The van der Waals surface area contributed by atoms with Crippen LogP contribution in [0, 0.1) is 11.8 Å². The molecular formula is C49H89N5O13. The van der Waals surface area contributed by atoms with Gasteiger partial charge in [0.25, 0.3) is 0 Å². The molecule has 0 radical (unpaired) electrons. The standard InChI is InChI=1S/C49H89N5O13/c1-2-3-28-50-45(57)38-66-35-34-65-32-30-52-46(58)39-67-36-33-64-31-29-51-44(56)27-26-42(49(62)63)54-48(61)41-24-22-40(23-25-41)37-53-43(55)20-18-16-14-12-10-8-6-4-5-7-9-11-13-15-17-19-21-47(59)60/h40-42H,2-39H2,1H3,(H,50,57)(H,51,56)(H,52,58)(H,53,55)(H,54,61)(H,59,60)(H,62,63). The Hall–Kier alpha value is -3.87. The predicted molar refractivity (Wildman–Crippen MR) is 255 cm³/mol. The summed E-state index contributed by atoms with van der Waals surface area (Å²) in [5, 5.41) is 32.2. The number of ether oxygens (including phenoxy) is 4. The van der Waals surface area contributed by atoms with Crippen molar-refractivity contribution in [2.45, 2.75) is 180 Å². The molecule has 1 rings (SSSR count). The summed E-state index contributed by atoms with van der Waals surface area (Å²) in [7, 11) is 0. The van der Waals surface area contributed by atoms with Crippen molar-refractivity contribution in [1.29, 1.82) is 0 Å². The van der Waals surface area contributed by atoms with E-state index in [0.717, 1.165) is 64.2 Å². The molecule has 67 heavy (non-hydrogen) atoms. The van der Waals surface area contributed by atoms with Gasteiger partial charge in [-0.1, -0.05) is 103 Å². The monoisotopic (exact) mass is 956 g/mol. The van der Waals surface area contributed by atoms with Crippen LogP contribution in [0.5, 0.6) is 0 Å². The summed E-state index contributed by atoms with van der Waals surface area (Å²) in [5.41, 5.74) is 0. The van der Waals surface area contributed by atoms with Gasteiger partial charge in [-0.2, -0.15) is 0 Å². The predicted octanol–water partition coefficient (Wildman–Crippen LogP) is 5.58. The number of carbonyl (C=O) groups is 7. The molecule has 0 spiro atoms. The van der Waals surface area contributed by atoms with E-state index in [1.165, 1.54) is 64.2 Å². The molecule has 5 amide bonds. The Bertz CT molecular complexity index is 1330. The number of hydrogen-bond acceptors (Lipinski definition) is 11. The Kier molecular flexibility index (Phi) is 39.6. The second kappa shape index (κ2) is 43.4. The molecule has 0 saturated heterocycles. The van der Waals surface area contributed by atoms with Crippen molar-refractivity contribution < 1.29 is 62.7 Å². The number of hydrogen-bond donors (Lipinski definition) is 7. The highest BCUT2D eigenvalue weighted by molar-refractivity contribution is 5.85. The van der Waals surface area contributed by atoms with Crippen LogP contribution in [0.3, 0.4) is 0 Å². The Morgan fingerprint density at radius 2 is 0.910 bits per heavy atom. The smallest absolute Gasteiger partial charge is 0.326 e. The first-order valence-electron chi connectivity index (χ1n) is 25.6. The van der Waals surface area contributed by atoms with Gasteiger partial charge in [0.15, 0.2) is 0 Å². The molecule has 18 heteroatoms. The molecule has 0 aromatic rings. The number of unbranched alkanes of at least 4 members (excludes halogenated alkanes) is 16. The van der Waals surface area contributed by atoms with E-state index in [-0.39, 0.29) is 107 Å². The van der Waals surface area contributed by atoms with Gasteiger partial charge in [-0.25, -0.2) is 4.79 Å². The average molecular weight is 956 g/mol. The SMILES string of the molecule is CCCCNC(=O)COCCOCCNC(=O)COCCOCCNC(=O)CCC(NC(=O)C1CCC(CNC(=O)CCCCCCCCCCCCCCCCCCC(=O)O)CC1)C(=O)O. The van der Waals surface area contributed by atoms with Crippen LogP contribution in [0.2, 0.25) is 0 Å². The lowest BCUT2D eigenvalue weighted by Gasteiger charge is -2.28. The Balaban J connectivity index is 1.99. The fourth-order valence-corrected chi connectivity index (χ4v) is 7.72. The minimum Gasteiger partial charge on any atom is -0.481 e. The van der Waals surface area contributed by atoms with Crippen molar-refractivity contribution in [3.63, 3.8) is 0 Å². The summed E-state index contributed by atoms with van der Waals surface area (Å²) >= 11 is 0. The fourth-order valence-electron chi connectivity index (χ4n) is 7.72. The molecule has 0 aromatic heterocycles. The summed E-state index contributed by atoms with van der Waals surface area (Å²) in [5.74, 6) is -2.97. The molecule has 0 heterocycles. The maximum Gasteiger partial charge on any atom is 0.326 e. The highest BCUT2D eigenvalue weighted by Gasteiger charge is 2.30. The second-order valence-corrected chi connectivity index (χ2v) is 17.7. The van der Waals surface area contributed by atoms with Crippen LogP contribution in [-0.2, 0) is 52.5 Å². The van der Waals surface area contributed by atoms with Crippen LogP contribution in [0.25, 0.3) is 0 Å². The summed E-state index contributed by atoms with van der Waals surface area (Å²) in [6.45, 7) is 5.06. The number of carboxylic acid groups (broad SMARTS) is 2. The van der Waals surface area contributed by atoms with Gasteiger partial charge in [-0.05, 0) is 57.3 Å². The van der Waals surface area contributed by atoms with Gasteiger partial charge in [0.05, 0.1) is 39.6 Å². The summed E-state index contributed by atoms with van der Waals surface area (Å²) in [6.07, 6.45) is 24.2. The molecule has 1 atom stereocenters. The van der Waals surface area contributed by atoms with E-state index in [9.17, 15) is 38.7 Å². The normalized spacial score (nSPS) is 15.1.